The molecule has 0 radical (unpaired) electrons. The lowest BCUT2D eigenvalue weighted by Gasteiger charge is -2.33. The Kier molecular flexibility index (Phi) is 13.0. The van der Waals surface area contributed by atoms with E-state index in [1.54, 1.807) is 4.68 Å². The standard InChI is InChI=1S/C43H56N10O3.CH2O2/c1-30-11-8-9-20-51(30)42-47-46-39-19-16-33(29-52(39)42)56-37-18-17-36(34-14-6-7-15-35(34)37)44-41(54)45-40-28-38(43(2,3)4)48-53(40)31-12-10-13-32(27-31)55-26-25-50-23-21-49(5)22-24-50;2-1-3/h6-7,10,12-16,19,27-30,36-37H,8-9,11,17-18,20-26H2,1-5H3,(H2,44,45,54);1H,(H,2,3)/t30?,36-,37+;/m0./s1. The number of piperazine rings is 1. The molecule has 5 aromatic rings. The van der Waals surface area contributed by atoms with Crippen molar-refractivity contribution in [3.05, 3.63) is 89.7 Å². The summed E-state index contributed by atoms with van der Waals surface area (Å²) in [5.74, 6) is 2.99. The fourth-order valence-electron chi connectivity index (χ4n) is 8.12. The highest BCUT2D eigenvalue weighted by Gasteiger charge is 2.31. The summed E-state index contributed by atoms with van der Waals surface area (Å²) in [6, 6.07) is 22.0. The van der Waals surface area contributed by atoms with Crippen molar-refractivity contribution in [1.82, 2.24) is 39.5 Å². The van der Waals surface area contributed by atoms with Crippen molar-refractivity contribution in [2.24, 2.45) is 0 Å². The summed E-state index contributed by atoms with van der Waals surface area (Å²) in [4.78, 5) is 29.3. The Morgan fingerprint density at radius 1 is 0.915 bits per heavy atom. The first-order valence-electron chi connectivity index (χ1n) is 20.8. The van der Waals surface area contributed by atoms with E-state index in [-0.39, 0.29) is 30.1 Å². The number of piperidine rings is 1. The molecule has 2 aliphatic heterocycles. The monoisotopic (exact) mass is 806 g/mol. The fourth-order valence-corrected chi connectivity index (χ4v) is 8.12. The zero-order valence-electron chi connectivity index (χ0n) is 34.9. The van der Waals surface area contributed by atoms with Crippen molar-refractivity contribution in [1.29, 1.82) is 0 Å². The van der Waals surface area contributed by atoms with E-state index in [2.05, 4.69) is 86.8 Å². The van der Waals surface area contributed by atoms with E-state index in [1.165, 1.54) is 6.42 Å². The average molecular weight is 807 g/mol. The molecule has 15 nitrogen and oxygen atoms in total. The largest absolute Gasteiger partial charge is 0.492 e. The number of likely N-dealkylation sites (N-methyl/N-ethyl adjacent to an activating group) is 1. The number of carboxylic acid groups (broad SMARTS) is 1. The maximum Gasteiger partial charge on any atom is 0.320 e. The zero-order chi connectivity index (χ0) is 41.5. The van der Waals surface area contributed by atoms with Gasteiger partial charge >= 0.3 is 6.03 Å². The molecule has 8 rings (SSSR count). The first-order chi connectivity index (χ1) is 28.5. The average Bonchev–Trinajstić information content (AvgIpc) is 3.85. The van der Waals surface area contributed by atoms with Gasteiger partial charge in [0.2, 0.25) is 5.95 Å². The summed E-state index contributed by atoms with van der Waals surface area (Å²) < 4.78 is 16.8. The van der Waals surface area contributed by atoms with Crippen LogP contribution in [-0.2, 0) is 10.2 Å². The van der Waals surface area contributed by atoms with Gasteiger partial charge in [0.1, 0.15) is 30.0 Å². The molecule has 0 saturated carbocycles. The van der Waals surface area contributed by atoms with Crippen LogP contribution in [0.15, 0.2) is 72.9 Å². The number of nitrogens with one attached hydrogen (secondary N) is 2. The number of nitrogens with zero attached hydrogens (tertiary/aromatic N) is 8. The van der Waals surface area contributed by atoms with Gasteiger partial charge in [-0.25, -0.2) is 9.48 Å². The number of carbonyl (C=O) groups is 2. The van der Waals surface area contributed by atoms with Crippen LogP contribution in [0.1, 0.15) is 88.8 Å². The number of hydrogen-bond acceptors (Lipinski definition) is 10. The molecule has 3 N–H and O–H groups in total. The van der Waals surface area contributed by atoms with Crippen LogP contribution in [0.25, 0.3) is 11.3 Å². The van der Waals surface area contributed by atoms with Crippen LogP contribution in [0.4, 0.5) is 16.6 Å². The third-order valence-electron chi connectivity index (χ3n) is 11.5. The normalized spacial score (nSPS) is 19.9. The number of urea groups is 1. The number of fused-ring (bicyclic) bond motifs is 2. The number of carbonyl (C=O) groups excluding carboxylic acids is 1. The Morgan fingerprint density at radius 3 is 2.46 bits per heavy atom. The highest BCUT2D eigenvalue weighted by atomic mass is 16.5. The number of hydrogen-bond donors (Lipinski definition) is 3. The number of aromatic nitrogens is 5. The van der Waals surface area contributed by atoms with Crippen LogP contribution in [0, 0.1) is 0 Å². The second kappa shape index (κ2) is 18.5. The van der Waals surface area contributed by atoms with Crippen molar-refractivity contribution >= 4 is 29.9 Å². The van der Waals surface area contributed by atoms with Gasteiger partial charge in [-0.05, 0) is 81.5 Å². The summed E-state index contributed by atoms with van der Waals surface area (Å²) in [6.07, 6.45) is 6.87. The first-order valence-corrected chi connectivity index (χ1v) is 20.8. The van der Waals surface area contributed by atoms with Crippen molar-refractivity contribution in [3.8, 4) is 17.2 Å². The molecule has 0 spiro atoms. The summed E-state index contributed by atoms with van der Waals surface area (Å²) in [7, 11) is 2.17. The van der Waals surface area contributed by atoms with Crippen molar-refractivity contribution in [2.75, 3.05) is 63.1 Å². The summed E-state index contributed by atoms with van der Waals surface area (Å²) in [6.45, 7) is 15.1. The number of benzene rings is 2. The van der Waals surface area contributed by atoms with Gasteiger partial charge in [0.25, 0.3) is 6.47 Å². The summed E-state index contributed by atoms with van der Waals surface area (Å²) >= 11 is 0. The molecule has 15 heteroatoms. The summed E-state index contributed by atoms with van der Waals surface area (Å²) in [5, 5.41) is 27.3. The molecular formula is C44H58N10O5. The van der Waals surface area contributed by atoms with E-state index < -0.39 is 0 Å². The van der Waals surface area contributed by atoms with Crippen LogP contribution in [0.2, 0.25) is 0 Å². The van der Waals surface area contributed by atoms with Gasteiger partial charge in [-0.2, -0.15) is 5.10 Å². The maximum atomic E-state index is 13.8. The Morgan fingerprint density at radius 2 is 1.69 bits per heavy atom. The lowest BCUT2D eigenvalue weighted by Crippen LogP contribution is -2.45. The minimum Gasteiger partial charge on any atom is -0.492 e. The van der Waals surface area contributed by atoms with Gasteiger partial charge in [0.05, 0.1) is 23.6 Å². The maximum absolute atomic E-state index is 13.8. The predicted octanol–water partition coefficient (Wildman–Crippen LogP) is 6.70. The van der Waals surface area contributed by atoms with Gasteiger partial charge in [-0.15, -0.1) is 10.2 Å². The molecule has 2 aromatic carbocycles. The van der Waals surface area contributed by atoms with E-state index in [9.17, 15) is 4.79 Å². The fraction of sp³-hybridized carbons (Fsp3) is 0.477. The molecular weight excluding hydrogens is 749 g/mol. The predicted molar refractivity (Wildman–Crippen MR) is 228 cm³/mol. The van der Waals surface area contributed by atoms with Gasteiger partial charge in [-0.1, -0.05) is 51.1 Å². The van der Waals surface area contributed by atoms with Crippen LogP contribution in [-0.4, -0.2) is 111 Å². The molecule has 1 aliphatic carbocycles. The second-order valence-corrected chi connectivity index (χ2v) is 16.8. The second-order valence-electron chi connectivity index (χ2n) is 16.8. The first kappa shape index (κ1) is 41.5. The molecule has 314 valence electrons. The Balaban J connectivity index is 0.00000171. The van der Waals surface area contributed by atoms with Crippen molar-refractivity contribution in [2.45, 2.75) is 83.4 Å². The number of rotatable bonds is 10. The molecule has 2 fully saturated rings. The van der Waals surface area contributed by atoms with Crippen molar-refractivity contribution in [3.63, 3.8) is 0 Å². The molecule has 1 unspecified atom stereocenters. The Bertz CT molecular complexity index is 2190. The molecule has 3 aliphatic rings. The van der Waals surface area contributed by atoms with Crippen molar-refractivity contribution < 1.29 is 24.2 Å². The molecule has 2 amide bonds. The van der Waals surface area contributed by atoms with Crippen LogP contribution >= 0.6 is 0 Å². The topological polar surface area (TPSA) is 155 Å². The lowest BCUT2D eigenvalue weighted by atomic mass is 9.85. The minimum atomic E-state index is -0.289. The highest BCUT2D eigenvalue weighted by molar-refractivity contribution is 5.89. The number of ether oxygens (including phenoxy) is 2. The van der Waals surface area contributed by atoms with Gasteiger partial charge in [0.15, 0.2) is 5.65 Å². The highest BCUT2D eigenvalue weighted by Crippen LogP contribution is 2.39. The Labute approximate surface area is 346 Å². The molecule has 2 saturated heterocycles. The van der Waals surface area contributed by atoms with Crippen LogP contribution in [0.3, 0.4) is 0 Å². The minimum absolute atomic E-state index is 0.162. The molecule has 3 aromatic heterocycles. The molecule has 3 atom stereocenters. The zero-order valence-corrected chi connectivity index (χ0v) is 34.9. The SMILES string of the molecule is CC1CCCCN1c1nnc2ccc(O[C@@H]3CC[C@H](NC(=O)Nc4cc(C(C)(C)C)nn4-c4cccc(OCCN5CCN(C)CC5)c4)c4ccccc43)cn12.O=CO. The molecule has 5 heterocycles. The summed E-state index contributed by atoms with van der Waals surface area (Å²) in [5.41, 5.74) is 4.40. The van der Waals surface area contributed by atoms with E-state index in [1.807, 2.05) is 60.8 Å². The van der Waals surface area contributed by atoms with Gasteiger partial charge in [-0.3, -0.25) is 19.4 Å². The van der Waals surface area contributed by atoms with Gasteiger partial charge < -0.3 is 29.7 Å². The van der Waals surface area contributed by atoms with E-state index >= 15 is 0 Å². The van der Waals surface area contributed by atoms with E-state index in [4.69, 9.17) is 24.5 Å². The van der Waals surface area contributed by atoms with E-state index in [0.717, 1.165) is 111 Å². The third kappa shape index (κ3) is 9.97. The van der Waals surface area contributed by atoms with E-state index in [0.29, 0.717) is 18.5 Å². The smallest absolute Gasteiger partial charge is 0.320 e. The number of pyridine rings is 1. The number of amides is 2. The van der Waals surface area contributed by atoms with Crippen LogP contribution in [0.5, 0.6) is 11.5 Å². The van der Waals surface area contributed by atoms with Crippen LogP contribution < -0.4 is 25.0 Å². The quantitative estimate of drug-likeness (QED) is 0.129. The Hall–Kier alpha value is -5.67. The van der Waals surface area contributed by atoms with Gasteiger partial charge in [0, 0.05) is 62.9 Å². The molecule has 59 heavy (non-hydrogen) atoms. The third-order valence-corrected chi connectivity index (χ3v) is 11.5. The molecule has 0 bridgehead atoms. The number of anilines is 2. The lowest BCUT2D eigenvalue weighted by molar-refractivity contribution is -0.122.